The number of hydrogen-bond acceptors (Lipinski definition) is 2. The van der Waals surface area contributed by atoms with E-state index in [1.165, 1.54) is 0 Å². The van der Waals surface area contributed by atoms with Gasteiger partial charge < -0.3 is 20.5 Å². The Morgan fingerprint density at radius 2 is 2.00 bits per heavy atom. The summed E-state index contributed by atoms with van der Waals surface area (Å²) in [6.07, 6.45) is 1.99. The molecule has 0 saturated heterocycles. The minimum atomic E-state index is -0.223. The number of guanidine groups is 1. The lowest BCUT2D eigenvalue weighted by Crippen LogP contribution is -2.48. The molecule has 1 aromatic rings. The molecule has 1 amide bonds. The fraction of sp³-hybridized carbons (Fsp3) is 0.571. The third-order valence-electron chi connectivity index (χ3n) is 2.64. The maximum absolute atomic E-state index is 11.7. The first-order valence-corrected chi connectivity index (χ1v) is 6.67. The molecule has 1 heterocycles. The summed E-state index contributed by atoms with van der Waals surface area (Å²) < 4.78 is 2.03. The molecule has 0 fully saturated rings. The van der Waals surface area contributed by atoms with Crippen molar-refractivity contribution < 1.29 is 4.79 Å². The average Bonchev–Trinajstić information content (AvgIpc) is 2.73. The van der Waals surface area contributed by atoms with Crippen LogP contribution in [0.5, 0.6) is 0 Å². The van der Waals surface area contributed by atoms with Gasteiger partial charge >= 0.3 is 0 Å². The van der Waals surface area contributed by atoms with Crippen LogP contribution in [0.25, 0.3) is 0 Å². The predicted octanol–water partition coefficient (Wildman–Crippen LogP) is 1.22. The first-order valence-electron chi connectivity index (χ1n) is 6.67. The topological polar surface area (TPSA) is 70.4 Å². The van der Waals surface area contributed by atoms with Gasteiger partial charge in [-0.05, 0) is 32.9 Å². The van der Waals surface area contributed by atoms with Crippen LogP contribution in [0.3, 0.4) is 0 Å². The molecule has 120 valence electrons. The second-order valence-electron chi connectivity index (χ2n) is 5.69. The van der Waals surface area contributed by atoms with Crippen molar-refractivity contribution in [2.75, 3.05) is 13.6 Å². The summed E-state index contributed by atoms with van der Waals surface area (Å²) >= 11 is 0. The highest BCUT2D eigenvalue weighted by Gasteiger charge is 2.13. The number of carbonyl (C=O) groups is 1. The SMILES string of the molecule is CN=C(NCC(=O)NC(C)(C)C)NCc1cccn1C.I. The number of aromatic nitrogens is 1. The first-order chi connectivity index (χ1) is 9.31. The maximum Gasteiger partial charge on any atom is 0.239 e. The van der Waals surface area contributed by atoms with Crippen molar-refractivity contribution in [1.82, 2.24) is 20.5 Å². The molecule has 0 aliphatic rings. The summed E-state index contributed by atoms with van der Waals surface area (Å²) in [5.74, 6) is 0.551. The van der Waals surface area contributed by atoms with Crippen LogP contribution in [0.2, 0.25) is 0 Å². The molecule has 7 heteroatoms. The van der Waals surface area contributed by atoms with Gasteiger partial charge in [-0.2, -0.15) is 0 Å². The van der Waals surface area contributed by atoms with E-state index in [2.05, 4.69) is 20.9 Å². The quantitative estimate of drug-likeness (QED) is 0.400. The molecule has 0 atom stereocenters. The minimum Gasteiger partial charge on any atom is -0.353 e. The Morgan fingerprint density at radius 3 is 2.48 bits per heavy atom. The Kier molecular flexibility index (Phi) is 8.38. The van der Waals surface area contributed by atoms with Crippen molar-refractivity contribution in [3.63, 3.8) is 0 Å². The summed E-state index contributed by atoms with van der Waals surface area (Å²) in [5.41, 5.74) is 0.922. The molecule has 0 spiro atoms. The first kappa shape index (κ1) is 19.8. The van der Waals surface area contributed by atoms with Crippen molar-refractivity contribution >= 4 is 35.8 Å². The van der Waals surface area contributed by atoms with E-state index in [0.717, 1.165) is 5.69 Å². The Hall–Kier alpha value is -1.25. The van der Waals surface area contributed by atoms with Crippen LogP contribution in [-0.4, -0.2) is 35.6 Å². The molecule has 0 aliphatic carbocycles. The van der Waals surface area contributed by atoms with Crippen LogP contribution < -0.4 is 16.0 Å². The predicted molar refractivity (Wildman–Crippen MR) is 96.9 cm³/mol. The van der Waals surface area contributed by atoms with E-state index >= 15 is 0 Å². The maximum atomic E-state index is 11.7. The summed E-state index contributed by atoms with van der Waals surface area (Å²) in [6, 6.07) is 4.02. The second-order valence-corrected chi connectivity index (χ2v) is 5.69. The van der Waals surface area contributed by atoms with E-state index in [9.17, 15) is 4.79 Å². The Labute approximate surface area is 143 Å². The standard InChI is InChI=1S/C14H25N5O.HI/c1-14(2,3)18-12(20)10-17-13(15-4)16-9-11-7-6-8-19(11)5;/h6-8H,9-10H2,1-5H3,(H,18,20)(H2,15,16,17);1H. The number of amides is 1. The number of hydrogen-bond donors (Lipinski definition) is 3. The van der Waals surface area contributed by atoms with Crippen LogP contribution in [0.15, 0.2) is 23.3 Å². The lowest BCUT2D eigenvalue weighted by Gasteiger charge is -2.21. The van der Waals surface area contributed by atoms with Crippen LogP contribution in [-0.2, 0) is 18.4 Å². The van der Waals surface area contributed by atoms with Crippen LogP contribution >= 0.6 is 24.0 Å². The van der Waals surface area contributed by atoms with Crippen LogP contribution in [0.1, 0.15) is 26.5 Å². The monoisotopic (exact) mass is 407 g/mol. The van der Waals surface area contributed by atoms with Gasteiger partial charge in [-0.1, -0.05) is 0 Å². The molecule has 0 saturated carbocycles. The van der Waals surface area contributed by atoms with Gasteiger partial charge in [0.05, 0.1) is 13.1 Å². The molecule has 0 aromatic carbocycles. The Morgan fingerprint density at radius 1 is 1.33 bits per heavy atom. The van der Waals surface area contributed by atoms with Gasteiger partial charge in [0.15, 0.2) is 5.96 Å². The van der Waals surface area contributed by atoms with Gasteiger partial charge in [0.2, 0.25) is 5.91 Å². The number of nitrogens with zero attached hydrogens (tertiary/aromatic N) is 2. The highest BCUT2D eigenvalue weighted by Crippen LogP contribution is 1.98. The lowest BCUT2D eigenvalue weighted by atomic mass is 10.1. The number of carbonyl (C=O) groups excluding carboxylic acids is 1. The van der Waals surface area contributed by atoms with Crippen molar-refractivity contribution in [2.24, 2.45) is 12.0 Å². The Balaban J connectivity index is 0.00000400. The zero-order chi connectivity index (χ0) is 15.2. The zero-order valence-electron chi connectivity index (χ0n) is 13.4. The van der Waals surface area contributed by atoms with E-state index in [-0.39, 0.29) is 42.0 Å². The van der Waals surface area contributed by atoms with E-state index < -0.39 is 0 Å². The van der Waals surface area contributed by atoms with Gasteiger partial charge in [-0.25, -0.2) is 0 Å². The van der Waals surface area contributed by atoms with Gasteiger partial charge in [0.25, 0.3) is 0 Å². The van der Waals surface area contributed by atoms with Crippen molar-refractivity contribution in [1.29, 1.82) is 0 Å². The molecular formula is C14H26IN5O. The van der Waals surface area contributed by atoms with E-state index in [1.54, 1.807) is 7.05 Å². The van der Waals surface area contributed by atoms with E-state index in [0.29, 0.717) is 12.5 Å². The molecule has 0 unspecified atom stereocenters. The number of nitrogens with one attached hydrogen (secondary N) is 3. The number of aliphatic imine (C=N–C) groups is 1. The summed E-state index contributed by atoms with van der Waals surface area (Å²) in [4.78, 5) is 15.8. The third kappa shape index (κ3) is 7.93. The number of rotatable bonds is 4. The Bertz CT molecular complexity index is 476. The summed E-state index contributed by atoms with van der Waals surface area (Å²) in [5, 5.41) is 9.05. The van der Waals surface area contributed by atoms with Crippen molar-refractivity contribution in [3.05, 3.63) is 24.0 Å². The van der Waals surface area contributed by atoms with Crippen LogP contribution in [0, 0.1) is 0 Å². The molecule has 0 aliphatic heterocycles. The molecule has 1 aromatic heterocycles. The van der Waals surface area contributed by atoms with Crippen molar-refractivity contribution in [3.8, 4) is 0 Å². The largest absolute Gasteiger partial charge is 0.353 e. The highest BCUT2D eigenvalue weighted by molar-refractivity contribution is 14.0. The molecule has 6 nitrogen and oxygen atoms in total. The van der Waals surface area contributed by atoms with E-state index in [4.69, 9.17) is 0 Å². The molecule has 21 heavy (non-hydrogen) atoms. The second kappa shape index (κ2) is 8.91. The minimum absolute atomic E-state index is 0. The summed E-state index contributed by atoms with van der Waals surface area (Å²) in [7, 11) is 3.67. The molecule has 0 radical (unpaired) electrons. The summed E-state index contributed by atoms with van der Waals surface area (Å²) in [6.45, 7) is 6.71. The number of halogens is 1. The van der Waals surface area contributed by atoms with Crippen molar-refractivity contribution in [2.45, 2.75) is 32.9 Å². The highest BCUT2D eigenvalue weighted by atomic mass is 127. The average molecular weight is 407 g/mol. The van der Waals surface area contributed by atoms with Gasteiger partial charge in [-0.15, -0.1) is 24.0 Å². The normalized spacial score (nSPS) is 11.6. The molecule has 0 bridgehead atoms. The fourth-order valence-corrected chi connectivity index (χ4v) is 1.70. The van der Waals surface area contributed by atoms with E-state index in [1.807, 2.05) is 50.7 Å². The molecular weight excluding hydrogens is 381 g/mol. The molecule has 3 N–H and O–H groups in total. The number of aryl methyl sites for hydroxylation is 1. The molecule has 1 rings (SSSR count). The van der Waals surface area contributed by atoms with Gasteiger partial charge in [-0.3, -0.25) is 9.79 Å². The van der Waals surface area contributed by atoms with Gasteiger partial charge in [0.1, 0.15) is 0 Å². The smallest absolute Gasteiger partial charge is 0.239 e. The fourth-order valence-electron chi connectivity index (χ4n) is 1.70. The van der Waals surface area contributed by atoms with Crippen LogP contribution in [0.4, 0.5) is 0 Å². The van der Waals surface area contributed by atoms with Gasteiger partial charge in [0, 0.05) is 31.5 Å². The third-order valence-corrected chi connectivity index (χ3v) is 2.64. The lowest BCUT2D eigenvalue weighted by molar-refractivity contribution is -0.121. The zero-order valence-corrected chi connectivity index (χ0v) is 15.7.